The zero-order chi connectivity index (χ0) is 19.9. The summed E-state index contributed by atoms with van der Waals surface area (Å²) in [6.45, 7) is 4.64. The minimum Gasteiger partial charge on any atom is -0.497 e. The van der Waals surface area contributed by atoms with E-state index in [2.05, 4.69) is 10.2 Å². The van der Waals surface area contributed by atoms with Crippen molar-refractivity contribution in [3.8, 4) is 17.2 Å². The summed E-state index contributed by atoms with van der Waals surface area (Å²) in [5.41, 5.74) is 1.93. The molecule has 0 unspecified atom stereocenters. The topological polar surface area (TPSA) is 68.5 Å². The molecular weight excluding hydrogens is 354 g/mol. The Kier molecular flexibility index (Phi) is 6.42. The van der Waals surface area contributed by atoms with Crippen molar-refractivity contribution in [1.82, 2.24) is 15.1 Å². The first-order valence-electron chi connectivity index (χ1n) is 9.37. The van der Waals surface area contributed by atoms with E-state index in [1.54, 1.807) is 7.11 Å². The Balaban J connectivity index is 1.60. The van der Waals surface area contributed by atoms with Gasteiger partial charge in [-0.1, -0.05) is 30.3 Å². The highest BCUT2D eigenvalue weighted by atomic mass is 16.5. The lowest BCUT2D eigenvalue weighted by atomic mass is 10.1. The van der Waals surface area contributed by atoms with E-state index in [0.717, 1.165) is 16.9 Å². The van der Waals surface area contributed by atoms with Gasteiger partial charge in [0, 0.05) is 31.0 Å². The van der Waals surface area contributed by atoms with Crippen molar-refractivity contribution in [1.29, 1.82) is 0 Å². The minimum absolute atomic E-state index is 0.0723. The Hall–Kier alpha value is -3.15. The lowest BCUT2D eigenvalue weighted by molar-refractivity contribution is -0.133. The number of methoxy groups -OCH3 is 1. The van der Waals surface area contributed by atoms with Crippen LogP contribution in [0.3, 0.4) is 0 Å². The summed E-state index contributed by atoms with van der Waals surface area (Å²) in [5.74, 6) is 1.74. The van der Waals surface area contributed by atoms with Gasteiger partial charge in [-0.15, -0.1) is 10.2 Å². The van der Waals surface area contributed by atoms with Crippen LogP contribution in [0.15, 0.2) is 59.0 Å². The van der Waals surface area contributed by atoms with Gasteiger partial charge in [0.1, 0.15) is 5.75 Å². The smallest absolute Gasteiger partial charge is 0.247 e. The average molecular weight is 379 g/mol. The molecule has 0 atom stereocenters. The molecule has 0 saturated carbocycles. The molecule has 0 radical (unpaired) electrons. The van der Waals surface area contributed by atoms with Gasteiger partial charge < -0.3 is 14.1 Å². The molecule has 28 heavy (non-hydrogen) atoms. The van der Waals surface area contributed by atoms with Gasteiger partial charge in [-0.2, -0.15) is 0 Å². The molecule has 1 aromatic heterocycles. The largest absolute Gasteiger partial charge is 0.497 e. The van der Waals surface area contributed by atoms with Crippen LogP contribution in [0.1, 0.15) is 31.7 Å². The third kappa shape index (κ3) is 4.97. The van der Waals surface area contributed by atoms with E-state index in [0.29, 0.717) is 31.2 Å². The molecule has 0 fully saturated rings. The van der Waals surface area contributed by atoms with Crippen LogP contribution in [0.25, 0.3) is 11.5 Å². The van der Waals surface area contributed by atoms with Crippen molar-refractivity contribution in [2.75, 3.05) is 7.11 Å². The van der Waals surface area contributed by atoms with Crippen molar-refractivity contribution in [2.45, 2.75) is 39.3 Å². The molecule has 2 aromatic carbocycles. The highest BCUT2D eigenvalue weighted by molar-refractivity contribution is 5.76. The number of benzene rings is 2. The van der Waals surface area contributed by atoms with Crippen LogP contribution < -0.4 is 4.74 Å². The molecule has 146 valence electrons. The fraction of sp³-hybridized carbons (Fsp3) is 0.318. The van der Waals surface area contributed by atoms with Crippen molar-refractivity contribution in [3.05, 3.63) is 66.1 Å². The van der Waals surface area contributed by atoms with Crippen LogP contribution in [0, 0.1) is 0 Å². The molecule has 6 nitrogen and oxygen atoms in total. The zero-order valence-corrected chi connectivity index (χ0v) is 16.5. The van der Waals surface area contributed by atoms with Gasteiger partial charge in [-0.3, -0.25) is 4.79 Å². The molecule has 3 rings (SSSR count). The molecule has 0 bridgehead atoms. The molecule has 0 aliphatic rings. The number of hydrogen-bond donors (Lipinski definition) is 0. The Morgan fingerprint density at radius 2 is 1.79 bits per heavy atom. The van der Waals surface area contributed by atoms with Crippen molar-refractivity contribution in [2.24, 2.45) is 0 Å². The van der Waals surface area contributed by atoms with Gasteiger partial charge in [0.05, 0.1) is 7.11 Å². The van der Waals surface area contributed by atoms with Gasteiger partial charge in [-0.05, 0) is 43.7 Å². The lowest BCUT2D eigenvalue weighted by Crippen LogP contribution is -2.36. The van der Waals surface area contributed by atoms with Crippen LogP contribution in [0.4, 0.5) is 0 Å². The fourth-order valence-electron chi connectivity index (χ4n) is 2.90. The summed E-state index contributed by atoms with van der Waals surface area (Å²) >= 11 is 0. The van der Waals surface area contributed by atoms with Crippen LogP contribution >= 0.6 is 0 Å². The number of amides is 1. The summed E-state index contributed by atoms with van der Waals surface area (Å²) in [7, 11) is 1.62. The Bertz CT molecular complexity index is 889. The van der Waals surface area contributed by atoms with Gasteiger partial charge in [0.25, 0.3) is 0 Å². The highest BCUT2D eigenvalue weighted by Gasteiger charge is 2.18. The van der Waals surface area contributed by atoms with E-state index >= 15 is 0 Å². The standard InChI is InChI=1S/C22H25N3O3/c1-16(2)25(15-17-7-5-4-6-8-17)21(26)14-13-20-23-24-22(28-20)18-9-11-19(27-3)12-10-18/h4-12,16H,13-15H2,1-3H3. The zero-order valence-electron chi connectivity index (χ0n) is 16.5. The third-order valence-electron chi connectivity index (χ3n) is 4.50. The normalized spacial score (nSPS) is 10.9. The number of ether oxygens (including phenoxy) is 1. The van der Waals surface area contributed by atoms with Crippen LogP contribution in [-0.4, -0.2) is 34.2 Å². The number of carbonyl (C=O) groups is 1. The number of aryl methyl sites for hydroxylation is 1. The fourth-order valence-corrected chi connectivity index (χ4v) is 2.90. The van der Waals surface area contributed by atoms with E-state index in [9.17, 15) is 4.79 Å². The number of nitrogens with zero attached hydrogens (tertiary/aromatic N) is 3. The van der Waals surface area contributed by atoms with E-state index in [1.807, 2.05) is 73.3 Å². The Morgan fingerprint density at radius 3 is 2.43 bits per heavy atom. The van der Waals surface area contributed by atoms with E-state index in [4.69, 9.17) is 9.15 Å². The Morgan fingerprint density at radius 1 is 1.07 bits per heavy atom. The maximum Gasteiger partial charge on any atom is 0.247 e. The molecule has 3 aromatic rings. The van der Waals surface area contributed by atoms with Crippen molar-refractivity contribution in [3.63, 3.8) is 0 Å². The van der Waals surface area contributed by atoms with E-state index in [-0.39, 0.29) is 11.9 Å². The van der Waals surface area contributed by atoms with Gasteiger partial charge in [0.15, 0.2) is 0 Å². The number of hydrogen-bond acceptors (Lipinski definition) is 5. The molecular formula is C22H25N3O3. The predicted octanol–water partition coefficient (Wildman–Crippen LogP) is 4.12. The van der Waals surface area contributed by atoms with E-state index < -0.39 is 0 Å². The van der Waals surface area contributed by atoms with Gasteiger partial charge >= 0.3 is 0 Å². The predicted molar refractivity (Wildman–Crippen MR) is 107 cm³/mol. The molecule has 0 spiro atoms. The molecule has 0 aliphatic carbocycles. The van der Waals surface area contributed by atoms with Crippen LogP contribution in [0.5, 0.6) is 5.75 Å². The van der Waals surface area contributed by atoms with Crippen LogP contribution in [-0.2, 0) is 17.8 Å². The first-order chi connectivity index (χ1) is 13.6. The molecule has 0 saturated heterocycles. The summed E-state index contributed by atoms with van der Waals surface area (Å²) in [6, 6.07) is 17.5. The van der Waals surface area contributed by atoms with E-state index in [1.165, 1.54) is 0 Å². The third-order valence-corrected chi connectivity index (χ3v) is 4.50. The monoisotopic (exact) mass is 379 g/mol. The summed E-state index contributed by atoms with van der Waals surface area (Å²) in [5, 5.41) is 8.16. The minimum atomic E-state index is 0.0723. The molecule has 1 amide bonds. The SMILES string of the molecule is COc1ccc(-c2nnc(CCC(=O)N(Cc3ccccc3)C(C)C)o2)cc1. The molecule has 1 heterocycles. The second-order valence-electron chi connectivity index (χ2n) is 6.83. The van der Waals surface area contributed by atoms with Crippen molar-refractivity contribution < 1.29 is 13.9 Å². The van der Waals surface area contributed by atoms with Gasteiger partial charge in [0.2, 0.25) is 17.7 Å². The van der Waals surface area contributed by atoms with Crippen molar-refractivity contribution >= 4 is 5.91 Å². The summed E-state index contributed by atoms with van der Waals surface area (Å²) < 4.78 is 10.9. The second-order valence-corrected chi connectivity index (χ2v) is 6.83. The number of carbonyl (C=O) groups excluding carboxylic acids is 1. The maximum absolute atomic E-state index is 12.7. The maximum atomic E-state index is 12.7. The highest BCUT2D eigenvalue weighted by Crippen LogP contribution is 2.21. The molecule has 0 N–H and O–H groups in total. The average Bonchev–Trinajstić information content (AvgIpc) is 3.20. The molecule has 0 aliphatic heterocycles. The first kappa shape index (κ1) is 19.6. The molecule has 6 heteroatoms. The number of rotatable bonds is 8. The first-order valence-corrected chi connectivity index (χ1v) is 9.37. The summed E-state index contributed by atoms with van der Waals surface area (Å²) in [4.78, 5) is 14.6. The van der Waals surface area contributed by atoms with Crippen LogP contribution in [0.2, 0.25) is 0 Å². The lowest BCUT2D eigenvalue weighted by Gasteiger charge is -2.27. The summed E-state index contributed by atoms with van der Waals surface area (Å²) in [6.07, 6.45) is 0.745. The second kappa shape index (κ2) is 9.17. The Labute approximate surface area is 165 Å². The van der Waals surface area contributed by atoms with Gasteiger partial charge in [-0.25, -0.2) is 0 Å². The number of aromatic nitrogens is 2. The quantitative estimate of drug-likeness (QED) is 0.589.